The normalized spacial score (nSPS) is 13.5. The van der Waals surface area contributed by atoms with Crippen molar-refractivity contribution in [1.82, 2.24) is 10.0 Å². The van der Waals surface area contributed by atoms with Gasteiger partial charge in [0.1, 0.15) is 4.21 Å². The molecule has 0 aliphatic rings. The van der Waals surface area contributed by atoms with E-state index in [9.17, 15) is 8.42 Å². The van der Waals surface area contributed by atoms with E-state index in [1.165, 1.54) is 11.3 Å². The van der Waals surface area contributed by atoms with Gasteiger partial charge in [0.15, 0.2) is 0 Å². The summed E-state index contributed by atoms with van der Waals surface area (Å²) in [5.74, 6) is 0. The van der Waals surface area contributed by atoms with Crippen LogP contribution in [0.4, 0.5) is 0 Å². The number of ether oxygens (including phenoxy) is 1. The first-order valence-corrected chi connectivity index (χ1v) is 9.64. The molecule has 0 aromatic carbocycles. The van der Waals surface area contributed by atoms with Crippen LogP contribution >= 0.6 is 11.3 Å². The largest absolute Gasteiger partial charge is 0.383 e. The third-order valence-corrected chi connectivity index (χ3v) is 6.22. The molecule has 1 heterocycles. The Morgan fingerprint density at radius 3 is 2.67 bits per heavy atom. The molecule has 0 bridgehead atoms. The van der Waals surface area contributed by atoms with Crippen molar-refractivity contribution in [2.24, 2.45) is 0 Å². The van der Waals surface area contributed by atoms with Crippen molar-refractivity contribution >= 4 is 21.4 Å². The summed E-state index contributed by atoms with van der Waals surface area (Å²) in [7, 11) is -1.87. The Balaban J connectivity index is 2.61. The van der Waals surface area contributed by atoms with Crippen LogP contribution in [0.5, 0.6) is 0 Å². The molecule has 2 N–H and O–H groups in total. The first-order chi connectivity index (χ1) is 10.0. The lowest BCUT2D eigenvalue weighted by atomic mass is 10.3. The van der Waals surface area contributed by atoms with Gasteiger partial charge in [0.2, 0.25) is 10.0 Å². The molecule has 0 fully saturated rings. The van der Waals surface area contributed by atoms with E-state index in [1.54, 1.807) is 13.2 Å². The van der Waals surface area contributed by atoms with E-state index in [1.807, 2.05) is 13.0 Å². The van der Waals surface area contributed by atoms with Gasteiger partial charge in [-0.1, -0.05) is 13.8 Å². The second-order valence-corrected chi connectivity index (χ2v) is 8.01. The monoisotopic (exact) mass is 334 g/mol. The van der Waals surface area contributed by atoms with Crippen molar-refractivity contribution in [2.75, 3.05) is 26.8 Å². The Labute approximate surface area is 132 Å². The van der Waals surface area contributed by atoms with Crippen LogP contribution in [0.1, 0.15) is 31.6 Å². The highest BCUT2D eigenvalue weighted by Crippen LogP contribution is 2.22. The maximum Gasteiger partial charge on any atom is 0.250 e. The van der Waals surface area contributed by atoms with E-state index in [2.05, 4.69) is 17.0 Å². The summed E-state index contributed by atoms with van der Waals surface area (Å²) in [6, 6.07) is 3.39. The van der Waals surface area contributed by atoms with E-state index in [0.29, 0.717) is 17.2 Å². The highest BCUT2D eigenvalue weighted by atomic mass is 32.2. The Hall–Kier alpha value is -0.470. The van der Waals surface area contributed by atoms with Crippen LogP contribution in [0.3, 0.4) is 0 Å². The fourth-order valence-corrected chi connectivity index (χ4v) is 4.54. The zero-order valence-corrected chi connectivity index (χ0v) is 14.6. The molecule has 21 heavy (non-hydrogen) atoms. The molecule has 1 unspecified atom stereocenters. The molecule has 0 saturated carbocycles. The van der Waals surface area contributed by atoms with Crippen molar-refractivity contribution in [2.45, 2.75) is 43.4 Å². The molecule has 0 saturated heterocycles. The number of rotatable bonds is 11. The summed E-state index contributed by atoms with van der Waals surface area (Å²) in [5.41, 5.74) is 0. The van der Waals surface area contributed by atoms with E-state index in [0.717, 1.165) is 30.8 Å². The van der Waals surface area contributed by atoms with Gasteiger partial charge >= 0.3 is 0 Å². The molecule has 0 radical (unpaired) electrons. The second kappa shape index (κ2) is 9.53. The van der Waals surface area contributed by atoms with Gasteiger partial charge in [0, 0.05) is 18.0 Å². The van der Waals surface area contributed by atoms with Crippen molar-refractivity contribution in [3.05, 3.63) is 17.0 Å². The van der Waals surface area contributed by atoms with Crippen LogP contribution in [0.15, 0.2) is 16.3 Å². The molecule has 0 aliphatic carbocycles. The van der Waals surface area contributed by atoms with Crippen molar-refractivity contribution in [1.29, 1.82) is 0 Å². The predicted octanol–water partition coefficient (Wildman–Crippen LogP) is 1.99. The molecule has 1 aromatic heterocycles. The summed E-state index contributed by atoms with van der Waals surface area (Å²) in [4.78, 5) is 1.08. The molecule has 0 amide bonds. The Morgan fingerprint density at radius 2 is 2.05 bits per heavy atom. The van der Waals surface area contributed by atoms with E-state index < -0.39 is 10.0 Å². The fourth-order valence-electron chi connectivity index (χ4n) is 1.86. The average molecular weight is 335 g/mol. The first kappa shape index (κ1) is 18.6. The van der Waals surface area contributed by atoms with Crippen molar-refractivity contribution in [3.63, 3.8) is 0 Å². The molecular weight excluding hydrogens is 308 g/mol. The first-order valence-electron chi connectivity index (χ1n) is 7.34. The number of hydrogen-bond donors (Lipinski definition) is 2. The molecule has 0 aliphatic heterocycles. The van der Waals surface area contributed by atoms with Gasteiger partial charge in [-0.15, -0.1) is 11.3 Å². The van der Waals surface area contributed by atoms with Crippen LogP contribution in [-0.4, -0.2) is 41.3 Å². The quantitative estimate of drug-likeness (QED) is 0.607. The number of sulfonamides is 1. The lowest BCUT2D eigenvalue weighted by Gasteiger charge is -2.15. The molecule has 1 aromatic rings. The molecule has 1 rings (SSSR count). The third-order valence-electron chi connectivity index (χ3n) is 3.06. The summed E-state index contributed by atoms with van der Waals surface area (Å²) in [5, 5.41) is 3.31. The maximum atomic E-state index is 12.3. The highest BCUT2D eigenvalue weighted by molar-refractivity contribution is 7.91. The van der Waals surface area contributed by atoms with Crippen LogP contribution in [0, 0.1) is 0 Å². The van der Waals surface area contributed by atoms with Crippen molar-refractivity contribution in [3.8, 4) is 0 Å². The fraction of sp³-hybridized carbons (Fsp3) is 0.714. The molecule has 7 heteroatoms. The highest BCUT2D eigenvalue weighted by Gasteiger charge is 2.20. The van der Waals surface area contributed by atoms with Crippen LogP contribution in [-0.2, 0) is 21.2 Å². The smallest absolute Gasteiger partial charge is 0.250 e. The van der Waals surface area contributed by atoms with Gasteiger partial charge in [0.25, 0.3) is 0 Å². The average Bonchev–Trinajstić information content (AvgIpc) is 2.92. The second-order valence-electron chi connectivity index (χ2n) is 4.90. The number of methoxy groups -OCH3 is 1. The standard InChI is InChI=1S/C14H26N2O3S2/c1-4-9-15-10-8-13-6-7-14(20-13)21(17,18)16-12(5-2)11-19-3/h6-7,12,15-16H,4-5,8-11H2,1-3H3. The Kier molecular flexibility index (Phi) is 8.43. The lowest BCUT2D eigenvalue weighted by molar-refractivity contribution is 0.173. The van der Waals surface area contributed by atoms with Crippen LogP contribution in [0.25, 0.3) is 0 Å². The Morgan fingerprint density at radius 1 is 1.29 bits per heavy atom. The zero-order valence-electron chi connectivity index (χ0n) is 13.0. The summed E-state index contributed by atoms with van der Waals surface area (Å²) < 4.78 is 32.7. The van der Waals surface area contributed by atoms with Gasteiger partial charge in [-0.05, 0) is 44.5 Å². The topological polar surface area (TPSA) is 67.4 Å². The van der Waals surface area contributed by atoms with Crippen LogP contribution in [0.2, 0.25) is 0 Å². The zero-order chi connectivity index (χ0) is 15.7. The van der Waals surface area contributed by atoms with Gasteiger partial charge in [-0.3, -0.25) is 0 Å². The lowest BCUT2D eigenvalue weighted by Crippen LogP contribution is -2.37. The molecule has 5 nitrogen and oxygen atoms in total. The van der Waals surface area contributed by atoms with E-state index >= 15 is 0 Å². The molecule has 1 atom stereocenters. The summed E-state index contributed by atoms with van der Waals surface area (Å²) in [6.45, 7) is 6.31. The van der Waals surface area contributed by atoms with Crippen LogP contribution < -0.4 is 10.0 Å². The van der Waals surface area contributed by atoms with E-state index in [-0.39, 0.29) is 6.04 Å². The SMILES string of the molecule is CCCNCCc1ccc(S(=O)(=O)NC(CC)COC)s1. The number of nitrogens with one attached hydrogen (secondary N) is 2. The minimum absolute atomic E-state index is 0.184. The minimum Gasteiger partial charge on any atom is -0.383 e. The molecule has 0 spiro atoms. The van der Waals surface area contributed by atoms with Gasteiger partial charge in [-0.25, -0.2) is 13.1 Å². The Bertz CT molecular complexity index is 500. The van der Waals surface area contributed by atoms with Crippen molar-refractivity contribution < 1.29 is 13.2 Å². The minimum atomic E-state index is -3.44. The number of hydrogen-bond acceptors (Lipinski definition) is 5. The maximum absolute atomic E-state index is 12.3. The van der Waals surface area contributed by atoms with Gasteiger partial charge in [-0.2, -0.15) is 0 Å². The van der Waals surface area contributed by atoms with Gasteiger partial charge < -0.3 is 10.1 Å². The summed E-state index contributed by atoms with van der Waals surface area (Å²) >= 11 is 1.34. The molecular formula is C14H26N2O3S2. The molecule has 122 valence electrons. The predicted molar refractivity (Wildman–Crippen MR) is 87.5 cm³/mol. The summed E-state index contributed by atoms with van der Waals surface area (Å²) in [6.07, 6.45) is 2.66. The van der Waals surface area contributed by atoms with E-state index in [4.69, 9.17) is 4.74 Å². The van der Waals surface area contributed by atoms with Gasteiger partial charge in [0.05, 0.1) is 6.61 Å². The number of thiophene rings is 1. The third kappa shape index (κ3) is 6.44.